The van der Waals surface area contributed by atoms with Crippen LogP contribution in [0.1, 0.15) is 50.8 Å². The van der Waals surface area contributed by atoms with Crippen LogP contribution in [0.25, 0.3) is 0 Å². The quantitative estimate of drug-likeness (QED) is 0.632. The largest absolute Gasteiger partial charge is 0.314 e. The van der Waals surface area contributed by atoms with Gasteiger partial charge >= 0.3 is 0 Å². The molecular weight excluding hydrogens is 294 g/mol. The Hall–Kier alpha value is 0.140. The molecule has 1 N–H and O–H groups in total. The highest BCUT2D eigenvalue weighted by molar-refractivity contribution is 9.10. The van der Waals surface area contributed by atoms with Crippen molar-refractivity contribution in [3.8, 4) is 0 Å². The van der Waals surface area contributed by atoms with Gasteiger partial charge in [-0.3, -0.25) is 0 Å². The van der Waals surface area contributed by atoms with Crippen LogP contribution >= 0.6 is 27.3 Å². The maximum Gasteiger partial charge on any atom is 0.0285 e. The average molecular weight is 318 g/mol. The fourth-order valence-corrected chi connectivity index (χ4v) is 3.50. The van der Waals surface area contributed by atoms with E-state index in [1.165, 1.54) is 47.9 Å². The van der Waals surface area contributed by atoms with Crippen molar-refractivity contribution in [2.24, 2.45) is 0 Å². The summed E-state index contributed by atoms with van der Waals surface area (Å²) in [4.78, 5) is 1.49. The maximum atomic E-state index is 3.68. The zero-order chi connectivity index (χ0) is 12.5. The maximum absolute atomic E-state index is 3.68. The zero-order valence-corrected chi connectivity index (χ0v) is 13.4. The molecule has 0 saturated carbocycles. The van der Waals surface area contributed by atoms with Crippen molar-refractivity contribution in [2.45, 2.75) is 58.4 Å². The first-order valence-electron chi connectivity index (χ1n) is 6.72. The van der Waals surface area contributed by atoms with Crippen molar-refractivity contribution in [1.82, 2.24) is 5.32 Å². The molecular formula is C14H24BrNS. The van der Waals surface area contributed by atoms with Crippen LogP contribution in [0.4, 0.5) is 0 Å². The molecule has 0 bridgehead atoms. The van der Waals surface area contributed by atoms with Crippen LogP contribution in [0.3, 0.4) is 0 Å². The van der Waals surface area contributed by atoms with Crippen molar-refractivity contribution in [3.05, 3.63) is 20.8 Å². The van der Waals surface area contributed by atoms with Gasteiger partial charge in [0.15, 0.2) is 0 Å². The lowest BCUT2D eigenvalue weighted by Gasteiger charge is -2.17. The third kappa shape index (κ3) is 6.58. The summed E-state index contributed by atoms with van der Waals surface area (Å²) in [5, 5.41) is 5.86. The van der Waals surface area contributed by atoms with Crippen molar-refractivity contribution in [1.29, 1.82) is 0 Å². The second kappa shape index (κ2) is 9.12. The number of hydrogen-bond acceptors (Lipinski definition) is 2. The van der Waals surface area contributed by atoms with E-state index >= 15 is 0 Å². The monoisotopic (exact) mass is 317 g/mol. The minimum absolute atomic E-state index is 0.659. The molecule has 0 aromatic carbocycles. The summed E-state index contributed by atoms with van der Waals surface area (Å²) in [6.07, 6.45) is 7.73. The van der Waals surface area contributed by atoms with E-state index in [-0.39, 0.29) is 0 Å². The van der Waals surface area contributed by atoms with Gasteiger partial charge in [0.25, 0.3) is 0 Å². The predicted molar refractivity (Wildman–Crippen MR) is 81.9 cm³/mol. The topological polar surface area (TPSA) is 12.0 Å². The molecule has 1 unspecified atom stereocenters. The van der Waals surface area contributed by atoms with Gasteiger partial charge in [0.1, 0.15) is 0 Å². The third-order valence-electron chi connectivity index (χ3n) is 2.91. The number of thiophene rings is 1. The molecule has 98 valence electrons. The van der Waals surface area contributed by atoms with Crippen molar-refractivity contribution in [2.75, 3.05) is 6.54 Å². The summed E-state index contributed by atoms with van der Waals surface area (Å²) < 4.78 is 1.22. The highest BCUT2D eigenvalue weighted by Crippen LogP contribution is 2.22. The smallest absolute Gasteiger partial charge is 0.0285 e. The lowest BCUT2D eigenvalue weighted by atomic mass is 10.0. The fourth-order valence-electron chi connectivity index (χ4n) is 1.97. The van der Waals surface area contributed by atoms with E-state index < -0.39 is 0 Å². The first kappa shape index (κ1) is 15.2. The lowest BCUT2D eigenvalue weighted by molar-refractivity contribution is 0.458. The van der Waals surface area contributed by atoms with E-state index in [1.54, 1.807) is 0 Å². The van der Waals surface area contributed by atoms with E-state index in [9.17, 15) is 0 Å². The molecule has 1 nitrogen and oxygen atoms in total. The number of nitrogens with one attached hydrogen (secondary N) is 1. The van der Waals surface area contributed by atoms with Gasteiger partial charge in [-0.2, -0.15) is 0 Å². The standard InChI is InChI=1S/C14H24BrNS/c1-3-5-6-7-13(16-8-4-2)10-14-9-12(15)11-17-14/h9,11,13,16H,3-8,10H2,1-2H3. The van der Waals surface area contributed by atoms with Gasteiger partial charge in [0.05, 0.1) is 0 Å². The van der Waals surface area contributed by atoms with E-state index in [2.05, 4.69) is 46.5 Å². The van der Waals surface area contributed by atoms with E-state index in [4.69, 9.17) is 0 Å². The zero-order valence-electron chi connectivity index (χ0n) is 11.0. The van der Waals surface area contributed by atoms with Gasteiger partial charge < -0.3 is 5.32 Å². The normalized spacial score (nSPS) is 12.9. The minimum atomic E-state index is 0.659. The molecule has 1 rings (SSSR count). The van der Waals surface area contributed by atoms with Gasteiger partial charge in [-0.25, -0.2) is 0 Å². The van der Waals surface area contributed by atoms with Gasteiger partial charge in [0.2, 0.25) is 0 Å². The molecule has 0 aliphatic heterocycles. The van der Waals surface area contributed by atoms with Gasteiger partial charge in [0, 0.05) is 20.8 Å². The Kier molecular flexibility index (Phi) is 8.15. The SMILES string of the molecule is CCCCCC(Cc1cc(Br)cs1)NCCC. The molecule has 1 atom stereocenters. The van der Waals surface area contributed by atoms with Crippen LogP contribution in [0.5, 0.6) is 0 Å². The van der Waals surface area contributed by atoms with Crippen LogP contribution in [-0.2, 0) is 6.42 Å². The van der Waals surface area contributed by atoms with Gasteiger partial charge in [-0.1, -0.05) is 33.1 Å². The Labute approximate surface area is 118 Å². The number of hydrogen-bond donors (Lipinski definition) is 1. The molecule has 1 aromatic rings. The molecule has 0 saturated heterocycles. The molecule has 3 heteroatoms. The van der Waals surface area contributed by atoms with Gasteiger partial charge in [-0.05, 0) is 47.8 Å². The summed E-state index contributed by atoms with van der Waals surface area (Å²) in [6, 6.07) is 2.91. The second-order valence-electron chi connectivity index (χ2n) is 4.58. The van der Waals surface area contributed by atoms with Crippen molar-refractivity contribution < 1.29 is 0 Å². The molecule has 0 radical (unpaired) electrons. The predicted octanol–water partition coefficient (Wildman–Crippen LogP) is 5.00. The molecule has 17 heavy (non-hydrogen) atoms. The summed E-state index contributed by atoms with van der Waals surface area (Å²) in [6.45, 7) is 5.64. The first-order chi connectivity index (χ1) is 8.26. The second-order valence-corrected chi connectivity index (χ2v) is 6.49. The molecule has 0 fully saturated rings. The third-order valence-corrected chi connectivity index (χ3v) is 4.63. The van der Waals surface area contributed by atoms with E-state index in [0.29, 0.717) is 6.04 Å². The molecule has 0 amide bonds. The fraction of sp³-hybridized carbons (Fsp3) is 0.714. The first-order valence-corrected chi connectivity index (χ1v) is 8.39. The summed E-state index contributed by atoms with van der Waals surface area (Å²) in [7, 11) is 0. The Morgan fingerprint density at radius 3 is 2.71 bits per heavy atom. The van der Waals surface area contributed by atoms with Crippen LogP contribution in [0.15, 0.2) is 15.9 Å². The highest BCUT2D eigenvalue weighted by Gasteiger charge is 2.09. The molecule has 0 spiro atoms. The lowest BCUT2D eigenvalue weighted by Crippen LogP contribution is -2.31. The Bertz CT molecular complexity index is 298. The van der Waals surface area contributed by atoms with Crippen LogP contribution in [-0.4, -0.2) is 12.6 Å². The summed E-state index contributed by atoms with van der Waals surface area (Å²) in [5.41, 5.74) is 0. The van der Waals surface area contributed by atoms with E-state index in [1.807, 2.05) is 11.3 Å². The summed E-state index contributed by atoms with van der Waals surface area (Å²) >= 11 is 5.39. The Morgan fingerprint density at radius 2 is 2.12 bits per heavy atom. The average Bonchev–Trinajstić information content (AvgIpc) is 2.72. The number of unbranched alkanes of at least 4 members (excludes halogenated alkanes) is 2. The van der Waals surface area contributed by atoms with Crippen molar-refractivity contribution in [3.63, 3.8) is 0 Å². The Balaban J connectivity index is 2.38. The van der Waals surface area contributed by atoms with Gasteiger partial charge in [-0.15, -0.1) is 11.3 Å². The number of rotatable bonds is 9. The molecule has 1 aromatic heterocycles. The number of halogens is 1. The molecule has 0 aliphatic rings. The summed E-state index contributed by atoms with van der Waals surface area (Å²) in [5.74, 6) is 0. The van der Waals surface area contributed by atoms with Crippen LogP contribution in [0.2, 0.25) is 0 Å². The van der Waals surface area contributed by atoms with Crippen LogP contribution in [0, 0.1) is 0 Å². The molecule has 1 heterocycles. The molecule has 0 aliphatic carbocycles. The van der Waals surface area contributed by atoms with E-state index in [0.717, 1.165) is 6.54 Å². The van der Waals surface area contributed by atoms with Crippen LogP contribution < -0.4 is 5.32 Å². The minimum Gasteiger partial charge on any atom is -0.314 e. The van der Waals surface area contributed by atoms with Crippen molar-refractivity contribution >= 4 is 27.3 Å². The highest BCUT2D eigenvalue weighted by atomic mass is 79.9. The Morgan fingerprint density at radius 1 is 1.29 bits per heavy atom.